The number of benzene rings is 1. The van der Waals surface area contributed by atoms with Crippen LogP contribution in [-0.4, -0.2) is 26.4 Å². The molecule has 2 rings (SSSR count). The van der Waals surface area contributed by atoms with Gasteiger partial charge in [-0.1, -0.05) is 26.8 Å². The Bertz CT molecular complexity index is 437. The van der Waals surface area contributed by atoms with E-state index in [1.807, 2.05) is 0 Å². The summed E-state index contributed by atoms with van der Waals surface area (Å²) in [5, 5.41) is 3.58. The second-order valence-electron chi connectivity index (χ2n) is 6.37. The summed E-state index contributed by atoms with van der Waals surface area (Å²) < 4.78 is 11.1. The van der Waals surface area contributed by atoms with Crippen molar-refractivity contribution in [2.75, 3.05) is 20.3 Å². The molecular formula is C16H25NO2. The molecule has 0 aromatic heterocycles. The number of methoxy groups -OCH3 is 1. The number of ether oxygens (including phenoxy) is 2. The van der Waals surface area contributed by atoms with E-state index in [1.165, 1.54) is 11.1 Å². The molecule has 1 aliphatic rings. The van der Waals surface area contributed by atoms with Crippen LogP contribution in [0.2, 0.25) is 0 Å². The van der Waals surface area contributed by atoms with E-state index in [9.17, 15) is 0 Å². The highest BCUT2D eigenvalue weighted by atomic mass is 16.5. The molecule has 1 N–H and O–H groups in total. The van der Waals surface area contributed by atoms with Crippen molar-refractivity contribution in [2.24, 2.45) is 0 Å². The zero-order valence-electron chi connectivity index (χ0n) is 12.6. The highest BCUT2D eigenvalue weighted by molar-refractivity contribution is 5.42. The second kappa shape index (κ2) is 5.51. The van der Waals surface area contributed by atoms with Crippen LogP contribution >= 0.6 is 0 Å². The Labute approximate surface area is 116 Å². The second-order valence-corrected chi connectivity index (χ2v) is 6.37. The molecule has 106 valence electrons. The van der Waals surface area contributed by atoms with Crippen molar-refractivity contribution in [3.63, 3.8) is 0 Å². The Morgan fingerprint density at radius 3 is 2.58 bits per heavy atom. The Kier molecular flexibility index (Phi) is 4.16. The van der Waals surface area contributed by atoms with Gasteiger partial charge in [-0.05, 0) is 35.6 Å². The van der Waals surface area contributed by atoms with E-state index >= 15 is 0 Å². The smallest absolute Gasteiger partial charge is 0.122 e. The fraction of sp³-hybridized carbons (Fsp3) is 0.625. The van der Waals surface area contributed by atoms with Gasteiger partial charge in [-0.3, -0.25) is 0 Å². The first-order valence-corrected chi connectivity index (χ1v) is 6.94. The maximum atomic E-state index is 5.64. The van der Waals surface area contributed by atoms with Crippen LogP contribution in [0, 0.1) is 0 Å². The fourth-order valence-corrected chi connectivity index (χ4v) is 2.52. The molecule has 0 amide bonds. The van der Waals surface area contributed by atoms with Gasteiger partial charge in [-0.25, -0.2) is 0 Å². The van der Waals surface area contributed by atoms with E-state index in [1.54, 1.807) is 7.11 Å². The molecule has 2 unspecified atom stereocenters. The zero-order chi connectivity index (χ0) is 14.0. The summed E-state index contributed by atoms with van der Waals surface area (Å²) in [6, 6.07) is 7.12. The highest BCUT2D eigenvalue weighted by Crippen LogP contribution is 2.33. The van der Waals surface area contributed by atoms with E-state index in [0.717, 1.165) is 19.0 Å². The first kappa shape index (κ1) is 14.4. The molecule has 0 bridgehead atoms. The molecule has 19 heavy (non-hydrogen) atoms. The van der Waals surface area contributed by atoms with Crippen LogP contribution in [0.3, 0.4) is 0 Å². The molecule has 0 saturated carbocycles. The minimum Gasteiger partial charge on any atom is -0.496 e. The van der Waals surface area contributed by atoms with Crippen molar-refractivity contribution in [1.82, 2.24) is 5.32 Å². The Balaban J connectivity index is 2.32. The molecule has 1 fully saturated rings. The lowest BCUT2D eigenvalue weighted by Crippen LogP contribution is -2.41. The van der Waals surface area contributed by atoms with Crippen LogP contribution in [0.15, 0.2) is 18.2 Å². The summed E-state index contributed by atoms with van der Waals surface area (Å²) in [5.74, 6) is 0.959. The third-order valence-corrected chi connectivity index (χ3v) is 3.57. The van der Waals surface area contributed by atoms with Gasteiger partial charge in [0, 0.05) is 6.04 Å². The molecule has 3 heteroatoms. The average molecular weight is 263 g/mol. The first-order chi connectivity index (χ1) is 8.91. The molecule has 1 aliphatic heterocycles. The zero-order valence-corrected chi connectivity index (χ0v) is 12.6. The molecule has 0 radical (unpaired) electrons. The Hall–Kier alpha value is -1.06. The SMILES string of the molecule is COc1ccc(C2COCC(C)N2)cc1C(C)(C)C. The quantitative estimate of drug-likeness (QED) is 0.889. The standard InChI is InChI=1S/C16H25NO2/c1-11-9-19-10-14(17-11)12-6-7-15(18-5)13(8-12)16(2,3)4/h6-8,11,14,17H,9-10H2,1-5H3. The topological polar surface area (TPSA) is 30.5 Å². The molecule has 1 saturated heterocycles. The van der Waals surface area contributed by atoms with Crippen LogP contribution in [-0.2, 0) is 10.2 Å². The number of nitrogens with one attached hydrogen (secondary N) is 1. The predicted molar refractivity (Wildman–Crippen MR) is 77.9 cm³/mol. The number of hydrogen-bond donors (Lipinski definition) is 1. The van der Waals surface area contributed by atoms with Crippen molar-refractivity contribution in [3.8, 4) is 5.75 Å². The first-order valence-electron chi connectivity index (χ1n) is 6.94. The molecule has 3 nitrogen and oxygen atoms in total. The van der Waals surface area contributed by atoms with Crippen LogP contribution in [0.4, 0.5) is 0 Å². The van der Waals surface area contributed by atoms with Crippen molar-refractivity contribution >= 4 is 0 Å². The van der Waals surface area contributed by atoms with Gasteiger partial charge in [-0.2, -0.15) is 0 Å². The summed E-state index contributed by atoms with van der Waals surface area (Å²) in [6.07, 6.45) is 0. The minimum absolute atomic E-state index is 0.0719. The molecule has 1 aromatic carbocycles. The van der Waals surface area contributed by atoms with Gasteiger partial charge in [0.05, 0.1) is 26.4 Å². The summed E-state index contributed by atoms with van der Waals surface area (Å²) in [5.41, 5.74) is 2.59. The van der Waals surface area contributed by atoms with E-state index in [0.29, 0.717) is 6.04 Å². The predicted octanol–water partition coefficient (Wildman–Crippen LogP) is 3.04. The van der Waals surface area contributed by atoms with Crippen molar-refractivity contribution in [3.05, 3.63) is 29.3 Å². The Morgan fingerprint density at radius 1 is 1.26 bits per heavy atom. The summed E-state index contributed by atoms with van der Waals surface area (Å²) in [6.45, 7) is 10.3. The molecule has 0 spiro atoms. The van der Waals surface area contributed by atoms with E-state index < -0.39 is 0 Å². The van der Waals surface area contributed by atoms with E-state index in [4.69, 9.17) is 9.47 Å². The normalized spacial score (nSPS) is 24.3. The lowest BCUT2D eigenvalue weighted by atomic mass is 9.84. The van der Waals surface area contributed by atoms with E-state index in [2.05, 4.69) is 51.2 Å². The van der Waals surface area contributed by atoms with E-state index in [-0.39, 0.29) is 11.5 Å². The highest BCUT2D eigenvalue weighted by Gasteiger charge is 2.24. The lowest BCUT2D eigenvalue weighted by molar-refractivity contribution is 0.0503. The molecule has 1 heterocycles. The Morgan fingerprint density at radius 2 is 2.00 bits per heavy atom. The van der Waals surface area contributed by atoms with Crippen molar-refractivity contribution in [2.45, 2.75) is 45.2 Å². The summed E-state index contributed by atoms with van der Waals surface area (Å²) in [4.78, 5) is 0. The molecule has 1 aromatic rings. The third-order valence-electron chi connectivity index (χ3n) is 3.57. The van der Waals surface area contributed by atoms with Gasteiger partial charge in [0.25, 0.3) is 0 Å². The van der Waals surface area contributed by atoms with Gasteiger partial charge in [0.2, 0.25) is 0 Å². The molecular weight excluding hydrogens is 238 g/mol. The maximum Gasteiger partial charge on any atom is 0.122 e. The van der Waals surface area contributed by atoms with Gasteiger partial charge in [0.15, 0.2) is 0 Å². The van der Waals surface area contributed by atoms with Crippen molar-refractivity contribution in [1.29, 1.82) is 0 Å². The van der Waals surface area contributed by atoms with Crippen LogP contribution in [0.5, 0.6) is 5.75 Å². The molecule has 2 atom stereocenters. The van der Waals surface area contributed by atoms with Crippen LogP contribution in [0.1, 0.15) is 44.9 Å². The number of morpholine rings is 1. The number of rotatable bonds is 2. The van der Waals surface area contributed by atoms with Crippen LogP contribution < -0.4 is 10.1 Å². The van der Waals surface area contributed by atoms with Gasteiger partial charge in [0.1, 0.15) is 5.75 Å². The third kappa shape index (κ3) is 3.28. The largest absolute Gasteiger partial charge is 0.496 e. The fourth-order valence-electron chi connectivity index (χ4n) is 2.52. The average Bonchev–Trinajstić information content (AvgIpc) is 2.37. The maximum absolute atomic E-state index is 5.64. The van der Waals surface area contributed by atoms with Crippen molar-refractivity contribution < 1.29 is 9.47 Å². The lowest BCUT2D eigenvalue weighted by Gasteiger charge is -2.31. The number of hydrogen-bond acceptors (Lipinski definition) is 3. The van der Waals surface area contributed by atoms with Gasteiger partial charge < -0.3 is 14.8 Å². The monoisotopic (exact) mass is 263 g/mol. The molecule has 0 aliphatic carbocycles. The van der Waals surface area contributed by atoms with Gasteiger partial charge >= 0.3 is 0 Å². The summed E-state index contributed by atoms with van der Waals surface area (Å²) in [7, 11) is 1.73. The van der Waals surface area contributed by atoms with Crippen LogP contribution in [0.25, 0.3) is 0 Å². The minimum atomic E-state index is 0.0719. The van der Waals surface area contributed by atoms with Gasteiger partial charge in [-0.15, -0.1) is 0 Å². The summed E-state index contributed by atoms with van der Waals surface area (Å²) >= 11 is 0.